The molecule has 2 heterocycles. The van der Waals surface area contributed by atoms with E-state index < -0.39 is 0 Å². The highest BCUT2D eigenvalue weighted by molar-refractivity contribution is 6.30. The second-order valence-electron chi connectivity index (χ2n) is 10.6. The average Bonchev–Trinajstić information content (AvgIpc) is 3.02. The number of carbonyl (C=O) groups is 1. The average molecular weight is 443 g/mol. The first-order valence-electron chi connectivity index (χ1n) is 12.0. The van der Waals surface area contributed by atoms with Crippen molar-refractivity contribution in [3.8, 4) is 0 Å². The van der Waals surface area contributed by atoms with E-state index in [0.717, 1.165) is 44.2 Å². The summed E-state index contributed by atoms with van der Waals surface area (Å²) in [7, 11) is 0. The normalized spacial score (nSPS) is 35.9. The first-order valence-corrected chi connectivity index (χ1v) is 12.4. The number of halogens is 1. The lowest BCUT2D eigenvalue weighted by molar-refractivity contribution is -0.145. The van der Waals surface area contributed by atoms with E-state index in [1.807, 2.05) is 6.07 Å². The van der Waals surface area contributed by atoms with Gasteiger partial charge in [0, 0.05) is 49.4 Å². The van der Waals surface area contributed by atoms with Crippen molar-refractivity contribution >= 4 is 23.3 Å². The Bertz CT molecular complexity index is 891. The van der Waals surface area contributed by atoms with Crippen LogP contribution in [0.15, 0.2) is 29.8 Å². The molecule has 5 atom stereocenters. The molecular formula is C26H35ClN2O2. The molecule has 0 aromatic heterocycles. The van der Waals surface area contributed by atoms with Crippen molar-refractivity contribution in [3.05, 3.63) is 40.4 Å². The van der Waals surface area contributed by atoms with Gasteiger partial charge in [-0.15, -0.1) is 0 Å². The molecule has 0 bridgehead atoms. The molecule has 5 heteroatoms. The summed E-state index contributed by atoms with van der Waals surface area (Å²) in [6.45, 7) is 11.6. The van der Waals surface area contributed by atoms with Crippen LogP contribution in [0.3, 0.4) is 0 Å². The second-order valence-corrected chi connectivity index (χ2v) is 11.0. The molecule has 4 nitrogen and oxygen atoms in total. The Kier molecular flexibility index (Phi) is 5.58. The van der Waals surface area contributed by atoms with Gasteiger partial charge in [0.05, 0.1) is 5.92 Å². The zero-order valence-electron chi connectivity index (χ0n) is 19.1. The number of nitrogens with zero attached hydrogens (tertiary/aromatic N) is 2. The number of benzene rings is 1. The molecule has 168 valence electrons. The zero-order valence-corrected chi connectivity index (χ0v) is 19.8. The lowest BCUT2D eigenvalue weighted by Gasteiger charge is -2.46. The Hall–Kier alpha value is -1.52. The number of hydrogen-bond donors (Lipinski definition) is 0. The van der Waals surface area contributed by atoms with E-state index >= 15 is 0 Å². The number of ether oxygens (including phenoxy) is 1. The summed E-state index contributed by atoms with van der Waals surface area (Å²) in [5, 5.41) is 0.789. The Morgan fingerprint density at radius 2 is 2.00 bits per heavy atom. The summed E-state index contributed by atoms with van der Waals surface area (Å²) in [5.41, 5.74) is 4.33. The van der Waals surface area contributed by atoms with E-state index in [1.165, 1.54) is 30.5 Å². The van der Waals surface area contributed by atoms with Crippen LogP contribution in [0, 0.1) is 30.1 Å². The quantitative estimate of drug-likeness (QED) is 0.482. The minimum atomic E-state index is -0.0179. The van der Waals surface area contributed by atoms with Crippen molar-refractivity contribution in [2.45, 2.75) is 52.6 Å². The first kappa shape index (κ1) is 21.3. The number of esters is 1. The minimum Gasteiger partial charge on any atom is -0.461 e. The molecule has 0 amide bonds. The molecule has 0 spiro atoms. The van der Waals surface area contributed by atoms with Crippen molar-refractivity contribution in [2.24, 2.45) is 23.2 Å². The number of piperazine rings is 1. The Balaban J connectivity index is 1.27. The van der Waals surface area contributed by atoms with E-state index in [4.69, 9.17) is 16.3 Å². The number of fused-ring (bicyclic) bond motifs is 2. The number of hydrogen-bond acceptors (Lipinski definition) is 4. The van der Waals surface area contributed by atoms with Crippen molar-refractivity contribution in [3.63, 3.8) is 0 Å². The van der Waals surface area contributed by atoms with Gasteiger partial charge in [-0.25, -0.2) is 0 Å². The van der Waals surface area contributed by atoms with E-state index in [9.17, 15) is 4.79 Å². The fraction of sp³-hybridized carbons (Fsp3) is 0.654. The van der Waals surface area contributed by atoms with E-state index in [2.05, 4.69) is 48.8 Å². The van der Waals surface area contributed by atoms with Crippen LogP contribution in [-0.4, -0.2) is 49.7 Å². The molecule has 4 aliphatic rings. The molecule has 2 aliphatic heterocycles. The van der Waals surface area contributed by atoms with Crippen LogP contribution < -0.4 is 4.90 Å². The number of aryl methyl sites for hydroxylation is 1. The predicted molar refractivity (Wildman–Crippen MR) is 126 cm³/mol. The van der Waals surface area contributed by atoms with Crippen LogP contribution in [-0.2, 0) is 9.53 Å². The molecular weight excluding hydrogens is 408 g/mol. The number of rotatable bonds is 3. The van der Waals surface area contributed by atoms with Crippen LogP contribution in [0.4, 0.5) is 5.69 Å². The second kappa shape index (κ2) is 8.12. The summed E-state index contributed by atoms with van der Waals surface area (Å²) in [6, 6.07) is 6.12. The van der Waals surface area contributed by atoms with Gasteiger partial charge in [-0.05, 0) is 55.2 Å². The number of carbonyl (C=O) groups excluding carboxylic acids is 1. The lowest BCUT2D eigenvalue weighted by atomic mass is 9.59. The van der Waals surface area contributed by atoms with Gasteiger partial charge in [-0.1, -0.05) is 49.6 Å². The maximum Gasteiger partial charge on any atom is 0.311 e. The Labute approximate surface area is 191 Å². The molecule has 2 saturated heterocycles. The number of allylic oxidation sites excluding steroid dienone is 1. The van der Waals surface area contributed by atoms with Gasteiger partial charge in [0.2, 0.25) is 0 Å². The maximum absolute atomic E-state index is 12.9. The van der Waals surface area contributed by atoms with E-state index in [-0.39, 0.29) is 29.3 Å². The van der Waals surface area contributed by atoms with Crippen molar-refractivity contribution in [1.29, 1.82) is 0 Å². The Morgan fingerprint density at radius 1 is 1.23 bits per heavy atom. The molecule has 0 radical (unpaired) electrons. The zero-order chi connectivity index (χ0) is 21.8. The van der Waals surface area contributed by atoms with Gasteiger partial charge in [-0.3, -0.25) is 9.69 Å². The van der Waals surface area contributed by atoms with Gasteiger partial charge >= 0.3 is 5.97 Å². The maximum atomic E-state index is 12.9. The van der Waals surface area contributed by atoms with Crippen LogP contribution in [0.2, 0.25) is 5.02 Å². The monoisotopic (exact) mass is 442 g/mol. The van der Waals surface area contributed by atoms with Gasteiger partial charge in [0.15, 0.2) is 0 Å². The minimum absolute atomic E-state index is 0.0179. The van der Waals surface area contributed by atoms with Crippen LogP contribution in [0.5, 0.6) is 0 Å². The smallest absolute Gasteiger partial charge is 0.311 e. The van der Waals surface area contributed by atoms with Gasteiger partial charge < -0.3 is 9.64 Å². The summed E-state index contributed by atoms with van der Waals surface area (Å²) in [5.74, 6) is 0.898. The van der Waals surface area contributed by atoms with Crippen LogP contribution >= 0.6 is 11.6 Å². The summed E-state index contributed by atoms with van der Waals surface area (Å²) in [4.78, 5) is 17.8. The molecule has 0 unspecified atom stereocenters. The molecule has 0 N–H and O–H groups in total. The topological polar surface area (TPSA) is 32.8 Å². The van der Waals surface area contributed by atoms with Crippen LogP contribution in [0.1, 0.15) is 45.1 Å². The standard InChI is InChI=1S/C26H35ClN2O2/c1-17-5-4-8-26(3)15-24-20(14-22(17)26)21(25(30)31-24)16-28-9-11-29(12-10-28)23-13-19(27)7-6-18(23)2/h6-7,13-14,17,20-21,24H,4-5,8-12,15-16H2,1-3H3/t17-,20+,21-,24+,26+/m0/s1. The van der Waals surface area contributed by atoms with E-state index in [1.54, 1.807) is 5.57 Å². The summed E-state index contributed by atoms with van der Waals surface area (Å²) in [6.07, 6.45) is 7.37. The van der Waals surface area contributed by atoms with Crippen molar-refractivity contribution < 1.29 is 9.53 Å². The molecule has 1 saturated carbocycles. The lowest BCUT2D eigenvalue weighted by Crippen LogP contribution is -2.49. The summed E-state index contributed by atoms with van der Waals surface area (Å²) >= 11 is 6.23. The van der Waals surface area contributed by atoms with E-state index in [0.29, 0.717) is 5.92 Å². The SMILES string of the molecule is Cc1ccc(Cl)cc1N1CCN(C[C@@H]2C(=O)O[C@@H]3C[C@@]4(C)CCC[C@H](C)C4=C[C@H]23)CC1. The highest BCUT2D eigenvalue weighted by Crippen LogP contribution is 2.54. The first-order chi connectivity index (χ1) is 14.8. The highest BCUT2D eigenvalue weighted by atomic mass is 35.5. The largest absolute Gasteiger partial charge is 0.461 e. The molecule has 3 fully saturated rings. The fourth-order valence-corrected chi connectivity index (χ4v) is 6.80. The van der Waals surface area contributed by atoms with Gasteiger partial charge in [-0.2, -0.15) is 0 Å². The predicted octanol–water partition coefficient (Wildman–Crippen LogP) is 5.08. The highest BCUT2D eigenvalue weighted by Gasteiger charge is 2.52. The van der Waals surface area contributed by atoms with Crippen molar-refractivity contribution in [2.75, 3.05) is 37.6 Å². The number of anilines is 1. The van der Waals surface area contributed by atoms with Gasteiger partial charge in [0.25, 0.3) is 0 Å². The third-order valence-corrected chi connectivity index (χ3v) is 8.66. The molecule has 1 aromatic rings. The third-order valence-electron chi connectivity index (χ3n) is 8.42. The van der Waals surface area contributed by atoms with Crippen LogP contribution in [0.25, 0.3) is 0 Å². The Morgan fingerprint density at radius 3 is 2.77 bits per heavy atom. The molecule has 2 aliphatic carbocycles. The fourth-order valence-electron chi connectivity index (χ4n) is 6.63. The molecule has 1 aromatic carbocycles. The third kappa shape index (κ3) is 3.91. The van der Waals surface area contributed by atoms with Crippen molar-refractivity contribution in [1.82, 2.24) is 4.90 Å². The summed E-state index contributed by atoms with van der Waals surface area (Å²) < 4.78 is 5.95. The molecule has 31 heavy (non-hydrogen) atoms. The van der Waals surface area contributed by atoms with Gasteiger partial charge in [0.1, 0.15) is 6.10 Å². The molecule has 5 rings (SSSR count).